The number of carbonyl (C=O) groups excluding carboxylic acids is 1. The van der Waals surface area contributed by atoms with Crippen LogP contribution in [0.3, 0.4) is 0 Å². The van der Waals surface area contributed by atoms with Gasteiger partial charge in [0.15, 0.2) is 0 Å². The average Bonchev–Trinajstić information content (AvgIpc) is 3.10. The van der Waals surface area contributed by atoms with Gasteiger partial charge in [0, 0.05) is 31.8 Å². The van der Waals surface area contributed by atoms with Crippen LogP contribution in [0.1, 0.15) is 30.2 Å². The van der Waals surface area contributed by atoms with Gasteiger partial charge in [0.25, 0.3) is 0 Å². The first-order chi connectivity index (χ1) is 13.1. The number of hydrogen-bond donors (Lipinski definition) is 1. The van der Waals surface area contributed by atoms with Gasteiger partial charge in [-0.15, -0.1) is 0 Å². The Labute approximate surface area is 160 Å². The summed E-state index contributed by atoms with van der Waals surface area (Å²) in [5.74, 6) is 0.382. The molecule has 0 amide bonds. The molecule has 27 heavy (non-hydrogen) atoms. The number of nitrogens with zero attached hydrogens (tertiary/aromatic N) is 3. The molecule has 1 atom stereocenters. The van der Waals surface area contributed by atoms with Gasteiger partial charge in [0.05, 0.1) is 24.7 Å². The highest BCUT2D eigenvalue weighted by Crippen LogP contribution is 2.18. The van der Waals surface area contributed by atoms with E-state index in [1.165, 1.54) is 17.2 Å². The molecule has 0 bridgehead atoms. The number of nitrogens with one attached hydrogen (secondary N) is 1. The fourth-order valence-corrected chi connectivity index (χ4v) is 3.17. The van der Waals surface area contributed by atoms with E-state index in [0.29, 0.717) is 18.3 Å². The van der Waals surface area contributed by atoms with E-state index in [1.807, 2.05) is 0 Å². The van der Waals surface area contributed by atoms with Crippen molar-refractivity contribution in [2.75, 3.05) is 25.0 Å². The molecule has 0 unspecified atom stereocenters. The molecule has 0 radical (unpaired) electrons. The van der Waals surface area contributed by atoms with E-state index in [2.05, 4.69) is 51.4 Å². The number of benzene rings is 1. The SMILES string of the molecule is CCOC(=O)/C=C/c1cnc(N[C@@H]2CCN(Cc3ccccc3C)C2)cn1. The van der Waals surface area contributed by atoms with Crippen LogP contribution in [0.15, 0.2) is 42.7 Å². The smallest absolute Gasteiger partial charge is 0.330 e. The standard InChI is InChI=1S/C21H26N4O2/c1-3-27-21(26)9-8-18-12-23-20(13-22-18)24-19-10-11-25(15-19)14-17-7-5-4-6-16(17)2/h4-9,12-13,19H,3,10-11,14-15H2,1-2H3,(H,23,24)/b9-8+/t19-/m1/s1. The number of esters is 1. The van der Waals surface area contributed by atoms with Gasteiger partial charge in [-0.05, 0) is 37.5 Å². The van der Waals surface area contributed by atoms with Gasteiger partial charge in [-0.2, -0.15) is 0 Å². The third-order valence-electron chi connectivity index (χ3n) is 4.63. The third-order valence-corrected chi connectivity index (χ3v) is 4.63. The van der Waals surface area contributed by atoms with E-state index >= 15 is 0 Å². The van der Waals surface area contributed by atoms with Crippen molar-refractivity contribution in [1.29, 1.82) is 0 Å². The van der Waals surface area contributed by atoms with Crippen LogP contribution in [0.2, 0.25) is 0 Å². The van der Waals surface area contributed by atoms with Crippen molar-refractivity contribution in [1.82, 2.24) is 14.9 Å². The minimum atomic E-state index is -0.374. The van der Waals surface area contributed by atoms with Crippen LogP contribution in [0.4, 0.5) is 5.82 Å². The van der Waals surface area contributed by atoms with Crippen molar-refractivity contribution < 1.29 is 9.53 Å². The van der Waals surface area contributed by atoms with Gasteiger partial charge in [0.2, 0.25) is 0 Å². The molecular formula is C21H26N4O2. The first-order valence-corrected chi connectivity index (χ1v) is 9.34. The molecule has 6 nitrogen and oxygen atoms in total. The second-order valence-corrected chi connectivity index (χ2v) is 6.70. The molecule has 3 rings (SSSR count). The van der Waals surface area contributed by atoms with Crippen LogP contribution in [0, 0.1) is 6.92 Å². The average molecular weight is 366 g/mol. The zero-order chi connectivity index (χ0) is 19.1. The van der Waals surface area contributed by atoms with E-state index in [1.54, 1.807) is 25.4 Å². The lowest BCUT2D eigenvalue weighted by Crippen LogP contribution is -2.26. The molecule has 1 saturated heterocycles. The van der Waals surface area contributed by atoms with Crippen LogP contribution in [-0.2, 0) is 16.1 Å². The third kappa shape index (κ3) is 5.62. The predicted molar refractivity (Wildman–Crippen MR) is 106 cm³/mol. The first-order valence-electron chi connectivity index (χ1n) is 9.34. The summed E-state index contributed by atoms with van der Waals surface area (Å²) in [5, 5.41) is 3.45. The predicted octanol–water partition coefficient (Wildman–Crippen LogP) is 3.05. The Morgan fingerprint density at radius 3 is 2.93 bits per heavy atom. The number of hydrogen-bond acceptors (Lipinski definition) is 6. The lowest BCUT2D eigenvalue weighted by atomic mass is 10.1. The minimum absolute atomic E-state index is 0.361. The summed E-state index contributed by atoms with van der Waals surface area (Å²) < 4.78 is 4.85. The molecule has 2 heterocycles. The molecule has 1 aromatic heterocycles. The highest BCUT2D eigenvalue weighted by atomic mass is 16.5. The number of ether oxygens (including phenoxy) is 1. The van der Waals surface area contributed by atoms with Crippen molar-refractivity contribution in [2.45, 2.75) is 32.9 Å². The summed E-state index contributed by atoms with van der Waals surface area (Å²) in [4.78, 5) is 22.5. The summed E-state index contributed by atoms with van der Waals surface area (Å²) in [5.41, 5.74) is 3.35. The quantitative estimate of drug-likeness (QED) is 0.600. The molecule has 0 aliphatic carbocycles. The summed E-state index contributed by atoms with van der Waals surface area (Å²) in [6.07, 6.45) is 7.40. The molecule has 1 fully saturated rings. The molecule has 0 spiro atoms. The Morgan fingerprint density at radius 1 is 1.33 bits per heavy atom. The number of anilines is 1. The second kappa shape index (κ2) is 9.28. The number of likely N-dealkylation sites (tertiary alicyclic amines) is 1. The normalized spacial score (nSPS) is 17.3. The molecular weight excluding hydrogens is 340 g/mol. The largest absolute Gasteiger partial charge is 0.463 e. The lowest BCUT2D eigenvalue weighted by molar-refractivity contribution is -0.137. The van der Waals surface area contributed by atoms with Crippen molar-refractivity contribution in [3.05, 3.63) is 59.6 Å². The van der Waals surface area contributed by atoms with Crippen molar-refractivity contribution in [3.8, 4) is 0 Å². The van der Waals surface area contributed by atoms with E-state index in [-0.39, 0.29) is 5.97 Å². The number of carbonyl (C=O) groups is 1. The topological polar surface area (TPSA) is 67.3 Å². The van der Waals surface area contributed by atoms with Crippen molar-refractivity contribution >= 4 is 17.9 Å². The summed E-state index contributed by atoms with van der Waals surface area (Å²) in [7, 11) is 0. The summed E-state index contributed by atoms with van der Waals surface area (Å²) >= 11 is 0. The lowest BCUT2D eigenvalue weighted by Gasteiger charge is -2.18. The molecule has 1 aliphatic heterocycles. The number of rotatable bonds is 7. The van der Waals surface area contributed by atoms with Crippen molar-refractivity contribution in [2.24, 2.45) is 0 Å². The fourth-order valence-electron chi connectivity index (χ4n) is 3.17. The minimum Gasteiger partial charge on any atom is -0.463 e. The highest BCUT2D eigenvalue weighted by molar-refractivity contribution is 5.86. The maximum atomic E-state index is 11.3. The Hall–Kier alpha value is -2.73. The zero-order valence-corrected chi connectivity index (χ0v) is 15.9. The van der Waals surface area contributed by atoms with E-state index < -0.39 is 0 Å². The number of aryl methyl sites for hydroxylation is 1. The maximum absolute atomic E-state index is 11.3. The molecule has 2 aromatic rings. The van der Waals surface area contributed by atoms with E-state index in [9.17, 15) is 4.79 Å². The van der Waals surface area contributed by atoms with Gasteiger partial charge in [-0.3, -0.25) is 9.88 Å². The molecule has 1 aliphatic rings. The molecule has 142 valence electrons. The monoisotopic (exact) mass is 366 g/mol. The molecule has 0 saturated carbocycles. The van der Waals surface area contributed by atoms with E-state index in [4.69, 9.17) is 4.74 Å². The van der Waals surface area contributed by atoms with Crippen LogP contribution >= 0.6 is 0 Å². The Balaban J connectivity index is 1.50. The Kier molecular flexibility index (Phi) is 6.54. The Bertz CT molecular complexity index is 789. The van der Waals surface area contributed by atoms with Crippen LogP contribution in [-0.4, -0.2) is 46.6 Å². The van der Waals surface area contributed by atoms with Crippen LogP contribution in [0.25, 0.3) is 6.08 Å². The van der Waals surface area contributed by atoms with Gasteiger partial charge in [0.1, 0.15) is 5.82 Å². The Morgan fingerprint density at radius 2 is 2.19 bits per heavy atom. The van der Waals surface area contributed by atoms with Crippen molar-refractivity contribution in [3.63, 3.8) is 0 Å². The van der Waals surface area contributed by atoms with Gasteiger partial charge in [-0.1, -0.05) is 24.3 Å². The fraction of sp³-hybridized carbons (Fsp3) is 0.381. The van der Waals surface area contributed by atoms with Crippen LogP contribution in [0.5, 0.6) is 0 Å². The molecule has 1 N–H and O–H groups in total. The molecule has 6 heteroatoms. The van der Waals surface area contributed by atoms with Gasteiger partial charge >= 0.3 is 5.97 Å². The number of aromatic nitrogens is 2. The second-order valence-electron chi connectivity index (χ2n) is 6.70. The maximum Gasteiger partial charge on any atom is 0.330 e. The summed E-state index contributed by atoms with van der Waals surface area (Å²) in [6.45, 7) is 7.33. The van der Waals surface area contributed by atoms with Crippen LogP contribution < -0.4 is 5.32 Å². The molecule has 1 aromatic carbocycles. The highest BCUT2D eigenvalue weighted by Gasteiger charge is 2.22. The first kappa shape index (κ1) is 19.0. The van der Waals surface area contributed by atoms with Gasteiger partial charge < -0.3 is 10.1 Å². The zero-order valence-electron chi connectivity index (χ0n) is 15.9. The van der Waals surface area contributed by atoms with E-state index in [0.717, 1.165) is 31.9 Å². The van der Waals surface area contributed by atoms with Gasteiger partial charge in [-0.25, -0.2) is 9.78 Å². The summed E-state index contributed by atoms with van der Waals surface area (Å²) in [6, 6.07) is 8.90.